The van der Waals surface area contributed by atoms with Crippen molar-refractivity contribution in [2.75, 3.05) is 28.7 Å². The zero-order valence-corrected chi connectivity index (χ0v) is 16.0. The number of hydrogen-bond donors (Lipinski definition) is 1. The van der Waals surface area contributed by atoms with Gasteiger partial charge in [-0.15, -0.1) is 0 Å². The molecule has 9 nitrogen and oxygen atoms in total. The van der Waals surface area contributed by atoms with Gasteiger partial charge in [0.2, 0.25) is 11.8 Å². The normalized spacial score (nSPS) is 16.5. The summed E-state index contributed by atoms with van der Waals surface area (Å²) in [6, 6.07) is 8.96. The highest BCUT2D eigenvalue weighted by Gasteiger charge is 2.30. The number of carbonyl (C=O) groups is 2. The van der Waals surface area contributed by atoms with Gasteiger partial charge in [-0.3, -0.25) is 9.59 Å². The van der Waals surface area contributed by atoms with Gasteiger partial charge in [0, 0.05) is 31.3 Å². The number of hydrogen-bond acceptors (Lipinski definition) is 6. The number of amides is 2. The standard InChI is InChI=1S/C19H21N7O2/c1-12-8-17(26-19(22-12)20-11-21-26)24(3)10-18(28)25-13(2)9-16(27)23-14-6-4-5-7-15(14)25/h4-8,11,13H,9-10H2,1-3H3,(H,23,27). The lowest BCUT2D eigenvalue weighted by Gasteiger charge is -2.30. The van der Waals surface area contributed by atoms with Crippen molar-refractivity contribution in [3.63, 3.8) is 0 Å². The van der Waals surface area contributed by atoms with Gasteiger partial charge in [-0.1, -0.05) is 12.1 Å². The van der Waals surface area contributed by atoms with Crippen molar-refractivity contribution >= 4 is 34.8 Å². The molecule has 0 spiro atoms. The van der Waals surface area contributed by atoms with E-state index in [1.807, 2.05) is 50.1 Å². The fourth-order valence-corrected chi connectivity index (χ4v) is 3.51. The monoisotopic (exact) mass is 379 g/mol. The Kier molecular flexibility index (Phi) is 4.42. The number of aryl methyl sites for hydroxylation is 1. The topological polar surface area (TPSA) is 95.7 Å². The lowest BCUT2D eigenvalue weighted by atomic mass is 10.1. The molecule has 144 valence electrons. The number of likely N-dealkylation sites (N-methyl/N-ethyl adjacent to an activating group) is 1. The predicted octanol–water partition coefficient (Wildman–Crippen LogP) is 1.63. The Morgan fingerprint density at radius 1 is 1.36 bits per heavy atom. The minimum atomic E-state index is -0.255. The summed E-state index contributed by atoms with van der Waals surface area (Å²) in [6.07, 6.45) is 1.68. The SMILES string of the molecule is Cc1cc(N(C)CC(=O)N2c3ccccc3NC(=O)CC2C)n2ncnc2n1. The Morgan fingerprint density at radius 3 is 2.96 bits per heavy atom. The molecule has 0 bridgehead atoms. The van der Waals surface area contributed by atoms with Gasteiger partial charge in [0.15, 0.2) is 0 Å². The first-order chi connectivity index (χ1) is 13.4. The van der Waals surface area contributed by atoms with Gasteiger partial charge in [-0.25, -0.2) is 4.98 Å². The van der Waals surface area contributed by atoms with E-state index in [0.29, 0.717) is 17.2 Å². The summed E-state index contributed by atoms with van der Waals surface area (Å²) in [5.74, 6) is 0.996. The van der Waals surface area contributed by atoms with Crippen LogP contribution >= 0.6 is 0 Å². The first kappa shape index (κ1) is 17.9. The van der Waals surface area contributed by atoms with E-state index in [2.05, 4.69) is 20.4 Å². The van der Waals surface area contributed by atoms with Crippen LogP contribution in [0.25, 0.3) is 5.78 Å². The summed E-state index contributed by atoms with van der Waals surface area (Å²) >= 11 is 0. The Balaban J connectivity index is 1.65. The number of carbonyl (C=O) groups excluding carboxylic acids is 2. The van der Waals surface area contributed by atoms with Crippen molar-refractivity contribution in [3.05, 3.63) is 42.4 Å². The number of benzene rings is 1. The minimum Gasteiger partial charge on any atom is -0.350 e. The van der Waals surface area contributed by atoms with Gasteiger partial charge in [0.25, 0.3) is 5.78 Å². The Bertz CT molecular complexity index is 1060. The lowest BCUT2D eigenvalue weighted by molar-refractivity contribution is -0.118. The summed E-state index contributed by atoms with van der Waals surface area (Å²) in [5.41, 5.74) is 2.14. The van der Waals surface area contributed by atoms with Crippen LogP contribution in [0.4, 0.5) is 17.2 Å². The van der Waals surface area contributed by atoms with E-state index in [1.54, 1.807) is 15.5 Å². The summed E-state index contributed by atoms with van der Waals surface area (Å²) in [6.45, 7) is 3.87. The summed E-state index contributed by atoms with van der Waals surface area (Å²) in [5, 5.41) is 7.07. The third kappa shape index (κ3) is 3.15. The second-order valence-corrected chi connectivity index (χ2v) is 6.97. The molecule has 2 amide bonds. The molecule has 1 aliphatic heterocycles. The average molecular weight is 379 g/mol. The smallest absolute Gasteiger partial charge is 0.254 e. The van der Waals surface area contributed by atoms with Gasteiger partial charge in [0.1, 0.15) is 12.1 Å². The molecule has 1 unspecified atom stereocenters. The van der Waals surface area contributed by atoms with Crippen molar-refractivity contribution in [2.24, 2.45) is 0 Å². The van der Waals surface area contributed by atoms with Crippen LogP contribution in [0, 0.1) is 6.92 Å². The summed E-state index contributed by atoms with van der Waals surface area (Å²) in [7, 11) is 1.82. The molecule has 0 fully saturated rings. The lowest BCUT2D eigenvalue weighted by Crippen LogP contribution is -2.44. The molecule has 0 aliphatic carbocycles. The number of nitrogens with one attached hydrogen (secondary N) is 1. The number of fused-ring (bicyclic) bond motifs is 2. The molecule has 1 N–H and O–H groups in total. The van der Waals surface area contributed by atoms with E-state index < -0.39 is 0 Å². The maximum atomic E-state index is 13.3. The van der Waals surface area contributed by atoms with E-state index in [4.69, 9.17) is 0 Å². The molecule has 0 saturated carbocycles. The van der Waals surface area contributed by atoms with Crippen molar-refractivity contribution in [3.8, 4) is 0 Å². The highest BCUT2D eigenvalue weighted by molar-refractivity contribution is 6.05. The molecule has 1 aliphatic rings. The molecule has 1 atom stereocenters. The highest BCUT2D eigenvalue weighted by atomic mass is 16.2. The third-order valence-corrected chi connectivity index (χ3v) is 4.75. The number of nitrogens with zero attached hydrogens (tertiary/aromatic N) is 6. The van der Waals surface area contributed by atoms with Crippen molar-refractivity contribution in [2.45, 2.75) is 26.3 Å². The molecule has 28 heavy (non-hydrogen) atoms. The minimum absolute atomic E-state index is 0.0994. The Hall–Kier alpha value is -3.49. The number of anilines is 3. The van der Waals surface area contributed by atoms with E-state index >= 15 is 0 Å². The van der Waals surface area contributed by atoms with Crippen LogP contribution in [-0.2, 0) is 9.59 Å². The maximum Gasteiger partial charge on any atom is 0.254 e. The van der Waals surface area contributed by atoms with Crippen LogP contribution in [0.15, 0.2) is 36.7 Å². The fourth-order valence-electron chi connectivity index (χ4n) is 3.51. The zero-order chi connectivity index (χ0) is 19.8. The zero-order valence-electron chi connectivity index (χ0n) is 16.0. The van der Waals surface area contributed by atoms with Crippen LogP contribution in [0.2, 0.25) is 0 Å². The first-order valence-electron chi connectivity index (χ1n) is 9.03. The van der Waals surface area contributed by atoms with Crippen molar-refractivity contribution in [1.29, 1.82) is 0 Å². The van der Waals surface area contributed by atoms with Crippen molar-refractivity contribution in [1.82, 2.24) is 19.6 Å². The van der Waals surface area contributed by atoms with E-state index in [9.17, 15) is 9.59 Å². The summed E-state index contributed by atoms with van der Waals surface area (Å²) in [4.78, 5) is 37.4. The summed E-state index contributed by atoms with van der Waals surface area (Å²) < 4.78 is 1.60. The number of para-hydroxylation sites is 2. The van der Waals surface area contributed by atoms with Gasteiger partial charge in [-0.2, -0.15) is 14.6 Å². The number of rotatable bonds is 3. The van der Waals surface area contributed by atoms with Gasteiger partial charge < -0.3 is 15.1 Å². The molecule has 3 aromatic rings. The van der Waals surface area contributed by atoms with E-state index in [1.165, 1.54) is 6.33 Å². The van der Waals surface area contributed by atoms with Crippen LogP contribution in [0.5, 0.6) is 0 Å². The Labute approximate surface area is 162 Å². The Morgan fingerprint density at radius 2 is 2.14 bits per heavy atom. The molecule has 0 saturated heterocycles. The maximum absolute atomic E-state index is 13.3. The second-order valence-electron chi connectivity index (χ2n) is 6.97. The fraction of sp³-hybridized carbons (Fsp3) is 0.316. The van der Waals surface area contributed by atoms with Crippen LogP contribution in [-0.4, -0.2) is 51.0 Å². The van der Waals surface area contributed by atoms with Crippen LogP contribution in [0.3, 0.4) is 0 Å². The molecule has 9 heteroatoms. The molecule has 2 aromatic heterocycles. The van der Waals surface area contributed by atoms with E-state index in [0.717, 1.165) is 11.5 Å². The van der Waals surface area contributed by atoms with Crippen molar-refractivity contribution < 1.29 is 9.59 Å². The van der Waals surface area contributed by atoms with E-state index in [-0.39, 0.29) is 30.8 Å². The third-order valence-electron chi connectivity index (χ3n) is 4.75. The molecular formula is C19H21N7O2. The molecular weight excluding hydrogens is 358 g/mol. The average Bonchev–Trinajstić information content (AvgIpc) is 3.05. The van der Waals surface area contributed by atoms with Crippen LogP contribution < -0.4 is 15.1 Å². The molecule has 4 rings (SSSR count). The largest absolute Gasteiger partial charge is 0.350 e. The van der Waals surface area contributed by atoms with Gasteiger partial charge in [0.05, 0.1) is 17.9 Å². The van der Waals surface area contributed by atoms with Gasteiger partial charge >= 0.3 is 0 Å². The number of aromatic nitrogens is 4. The second kappa shape index (κ2) is 6.91. The first-order valence-corrected chi connectivity index (χ1v) is 9.03. The molecule has 3 heterocycles. The van der Waals surface area contributed by atoms with Crippen LogP contribution in [0.1, 0.15) is 19.0 Å². The highest BCUT2D eigenvalue weighted by Crippen LogP contribution is 2.31. The quantitative estimate of drug-likeness (QED) is 0.743. The van der Waals surface area contributed by atoms with Gasteiger partial charge in [-0.05, 0) is 26.0 Å². The molecule has 0 radical (unpaired) electrons. The predicted molar refractivity (Wildman–Crippen MR) is 105 cm³/mol. The molecule has 1 aromatic carbocycles.